The zero-order valence-electron chi connectivity index (χ0n) is 9.10. The van der Waals surface area contributed by atoms with Gasteiger partial charge in [0.2, 0.25) is 5.78 Å². The molecular formula is C11H6ClF5O2. The first kappa shape index (κ1) is 15.6. The van der Waals surface area contributed by atoms with Crippen LogP contribution in [0.1, 0.15) is 16.8 Å². The summed E-state index contributed by atoms with van der Waals surface area (Å²) in [5.41, 5.74) is -0.441. The lowest BCUT2D eigenvalue weighted by Crippen LogP contribution is -2.37. The van der Waals surface area contributed by atoms with Crippen LogP contribution in [0.25, 0.3) is 0 Å². The Morgan fingerprint density at radius 2 is 1.79 bits per heavy atom. The molecule has 1 aromatic rings. The minimum absolute atomic E-state index is 0.184. The van der Waals surface area contributed by atoms with E-state index in [9.17, 15) is 31.5 Å². The fraction of sp³-hybridized carbons (Fsp3) is 0.273. The zero-order chi connectivity index (χ0) is 14.8. The van der Waals surface area contributed by atoms with Gasteiger partial charge < -0.3 is 0 Å². The lowest BCUT2D eigenvalue weighted by atomic mass is 10.0. The highest BCUT2D eigenvalue weighted by atomic mass is 35.5. The van der Waals surface area contributed by atoms with Crippen LogP contribution < -0.4 is 0 Å². The van der Waals surface area contributed by atoms with Gasteiger partial charge >= 0.3 is 12.3 Å². The minimum Gasteiger partial charge on any atom is -0.294 e. The molecule has 0 aliphatic rings. The monoisotopic (exact) mass is 300 g/mol. The van der Waals surface area contributed by atoms with Crippen molar-refractivity contribution in [1.82, 2.24) is 0 Å². The number of alkyl halides is 4. The van der Waals surface area contributed by atoms with Crippen molar-refractivity contribution in [2.75, 3.05) is 0 Å². The van der Waals surface area contributed by atoms with Crippen LogP contribution in [0.3, 0.4) is 0 Å². The molecule has 0 unspecified atom stereocenters. The van der Waals surface area contributed by atoms with E-state index < -0.39 is 41.7 Å². The van der Waals surface area contributed by atoms with E-state index in [0.29, 0.717) is 6.07 Å². The third-order valence-corrected chi connectivity index (χ3v) is 2.37. The van der Waals surface area contributed by atoms with Crippen molar-refractivity contribution in [1.29, 1.82) is 0 Å². The maximum atomic E-state index is 12.9. The van der Waals surface area contributed by atoms with Crippen molar-refractivity contribution in [2.24, 2.45) is 0 Å². The van der Waals surface area contributed by atoms with Gasteiger partial charge in [-0.2, -0.15) is 8.78 Å². The molecule has 0 atom stereocenters. The zero-order valence-corrected chi connectivity index (χ0v) is 9.86. The average molecular weight is 301 g/mol. The molecule has 8 heteroatoms. The van der Waals surface area contributed by atoms with Gasteiger partial charge in [0.15, 0.2) is 5.78 Å². The Labute approximate surface area is 109 Å². The molecular weight excluding hydrogens is 295 g/mol. The summed E-state index contributed by atoms with van der Waals surface area (Å²) in [6.07, 6.45) is -5.67. The van der Waals surface area contributed by atoms with Crippen molar-refractivity contribution in [2.45, 2.75) is 18.8 Å². The van der Waals surface area contributed by atoms with Gasteiger partial charge in [-0.25, -0.2) is 13.2 Å². The van der Waals surface area contributed by atoms with E-state index in [1.165, 1.54) is 0 Å². The standard InChI is InChI=1S/C11H6ClF5O2/c12-6-1-5(2-7(13)3-6)8(18)4-9(19)11(16,17)10(14)15/h1-3,10H,4H2. The Bertz CT molecular complexity index is 496. The first-order valence-corrected chi connectivity index (χ1v) is 5.21. The number of Topliss-reactive ketones (excluding diaryl/α,β-unsaturated/α-hetero) is 2. The molecule has 2 nitrogen and oxygen atoms in total. The Balaban J connectivity index is 2.89. The van der Waals surface area contributed by atoms with Gasteiger partial charge in [0, 0.05) is 10.6 Å². The van der Waals surface area contributed by atoms with Crippen LogP contribution in [0.4, 0.5) is 22.0 Å². The van der Waals surface area contributed by atoms with Crippen LogP contribution in [-0.2, 0) is 4.79 Å². The van der Waals surface area contributed by atoms with E-state index in [4.69, 9.17) is 11.6 Å². The van der Waals surface area contributed by atoms with Crippen molar-refractivity contribution in [3.8, 4) is 0 Å². The van der Waals surface area contributed by atoms with E-state index in [2.05, 4.69) is 0 Å². The summed E-state index contributed by atoms with van der Waals surface area (Å²) in [5.74, 6) is -9.27. The summed E-state index contributed by atoms with van der Waals surface area (Å²) in [5, 5.41) is -0.184. The van der Waals surface area contributed by atoms with Crippen molar-refractivity contribution in [3.05, 3.63) is 34.6 Å². The fourth-order valence-electron chi connectivity index (χ4n) is 1.20. The fourth-order valence-corrected chi connectivity index (χ4v) is 1.42. The lowest BCUT2D eigenvalue weighted by Gasteiger charge is -2.13. The molecule has 1 rings (SSSR count). The van der Waals surface area contributed by atoms with E-state index >= 15 is 0 Å². The summed E-state index contributed by atoms with van der Waals surface area (Å²) < 4.78 is 61.9. The normalized spacial score (nSPS) is 11.7. The molecule has 0 aliphatic heterocycles. The Morgan fingerprint density at radius 3 is 2.26 bits per heavy atom. The molecule has 0 fully saturated rings. The van der Waals surface area contributed by atoms with E-state index in [1.807, 2.05) is 0 Å². The molecule has 0 spiro atoms. The first-order valence-electron chi connectivity index (χ1n) is 4.83. The summed E-state index contributed by atoms with van der Waals surface area (Å²) in [6, 6.07) is 2.47. The number of carbonyl (C=O) groups is 2. The van der Waals surface area contributed by atoms with Crippen molar-refractivity contribution in [3.63, 3.8) is 0 Å². The Morgan fingerprint density at radius 1 is 1.21 bits per heavy atom. The summed E-state index contributed by atoms with van der Waals surface area (Å²) in [7, 11) is 0. The second kappa shape index (κ2) is 5.64. The highest BCUT2D eigenvalue weighted by Crippen LogP contribution is 2.26. The second-order valence-electron chi connectivity index (χ2n) is 3.60. The van der Waals surface area contributed by atoms with Crippen LogP contribution in [0.15, 0.2) is 18.2 Å². The van der Waals surface area contributed by atoms with Crippen LogP contribution in [0.2, 0.25) is 5.02 Å². The molecule has 0 saturated carbocycles. The van der Waals surface area contributed by atoms with Gasteiger partial charge in [0.1, 0.15) is 5.82 Å². The molecule has 19 heavy (non-hydrogen) atoms. The van der Waals surface area contributed by atoms with Crippen molar-refractivity contribution >= 4 is 23.2 Å². The van der Waals surface area contributed by atoms with Crippen LogP contribution >= 0.6 is 11.6 Å². The predicted octanol–water partition coefficient (Wildman–Crippen LogP) is 3.52. The molecule has 0 heterocycles. The number of rotatable bonds is 5. The highest BCUT2D eigenvalue weighted by Gasteiger charge is 2.48. The maximum absolute atomic E-state index is 12.9. The highest BCUT2D eigenvalue weighted by molar-refractivity contribution is 6.31. The Kier molecular flexibility index (Phi) is 4.62. The van der Waals surface area contributed by atoms with Gasteiger partial charge in [-0.1, -0.05) is 11.6 Å². The molecule has 0 saturated heterocycles. The van der Waals surface area contributed by atoms with E-state index in [-0.39, 0.29) is 5.02 Å². The molecule has 0 aliphatic carbocycles. The summed E-state index contributed by atoms with van der Waals surface area (Å²) >= 11 is 5.43. The number of ketones is 2. The molecule has 0 radical (unpaired) electrons. The summed E-state index contributed by atoms with van der Waals surface area (Å²) in [4.78, 5) is 22.3. The first-order chi connectivity index (χ1) is 8.64. The van der Waals surface area contributed by atoms with Gasteiger partial charge in [0.05, 0.1) is 6.42 Å². The lowest BCUT2D eigenvalue weighted by molar-refractivity contribution is -0.166. The van der Waals surface area contributed by atoms with Crippen LogP contribution in [-0.4, -0.2) is 23.9 Å². The molecule has 0 N–H and O–H groups in total. The maximum Gasteiger partial charge on any atom is 0.364 e. The van der Waals surface area contributed by atoms with E-state index in [0.717, 1.165) is 12.1 Å². The van der Waals surface area contributed by atoms with Crippen LogP contribution in [0, 0.1) is 5.82 Å². The SMILES string of the molecule is O=C(CC(=O)C(F)(F)C(F)F)c1cc(F)cc(Cl)c1. The smallest absolute Gasteiger partial charge is 0.294 e. The number of hydrogen-bond acceptors (Lipinski definition) is 2. The topological polar surface area (TPSA) is 34.1 Å². The van der Waals surface area contributed by atoms with Crippen molar-refractivity contribution < 1.29 is 31.5 Å². The van der Waals surface area contributed by atoms with Gasteiger partial charge in [-0.3, -0.25) is 9.59 Å². The van der Waals surface area contributed by atoms with E-state index in [1.54, 1.807) is 0 Å². The minimum atomic E-state index is -4.91. The third-order valence-electron chi connectivity index (χ3n) is 2.15. The third kappa shape index (κ3) is 3.73. The predicted molar refractivity (Wildman–Crippen MR) is 56.3 cm³/mol. The van der Waals surface area contributed by atoms with Gasteiger partial charge in [-0.15, -0.1) is 0 Å². The quantitative estimate of drug-likeness (QED) is 0.474. The summed E-state index contributed by atoms with van der Waals surface area (Å²) in [6.45, 7) is 0. The molecule has 0 amide bonds. The number of carbonyl (C=O) groups excluding carboxylic acids is 2. The number of hydrogen-bond donors (Lipinski definition) is 0. The van der Waals surface area contributed by atoms with Crippen LogP contribution in [0.5, 0.6) is 0 Å². The van der Waals surface area contributed by atoms with Gasteiger partial charge in [0.25, 0.3) is 0 Å². The largest absolute Gasteiger partial charge is 0.364 e. The number of halogens is 6. The Hall–Kier alpha value is -1.50. The molecule has 104 valence electrons. The average Bonchev–Trinajstić information content (AvgIpc) is 2.27. The second-order valence-corrected chi connectivity index (χ2v) is 4.04. The molecule has 1 aromatic carbocycles. The van der Waals surface area contributed by atoms with Gasteiger partial charge in [-0.05, 0) is 18.2 Å². The molecule has 0 aromatic heterocycles. The number of benzene rings is 1. The molecule has 0 bridgehead atoms.